The molecular formula is C25H26BrN7O. The third-order valence-electron chi connectivity index (χ3n) is 4.82. The number of anilines is 1. The summed E-state index contributed by atoms with van der Waals surface area (Å²) in [7, 11) is 1.54. The van der Waals surface area contributed by atoms with Gasteiger partial charge < -0.3 is 22.1 Å². The Hall–Kier alpha value is -3.98. The summed E-state index contributed by atoms with van der Waals surface area (Å²) >= 11 is 3.53. The summed E-state index contributed by atoms with van der Waals surface area (Å²) in [5.74, 6) is 0.634. The largest absolute Gasteiger partial charge is 0.404 e. The summed E-state index contributed by atoms with van der Waals surface area (Å²) < 4.78 is 0.965. The smallest absolute Gasteiger partial charge is 0.254 e. The maximum Gasteiger partial charge on any atom is 0.254 e. The van der Waals surface area contributed by atoms with E-state index in [1.54, 1.807) is 24.4 Å². The number of pyridine rings is 2. The zero-order valence-corrected chi connectivity index (χ0v) is 20.5. The summed E-state index contributed by atoms with van der Waals surface area (Å²) in [6.45, 7) is 2.33. The van der Waals surface area contributed by atoms with E-state index in [0.717, 1.165) is 21.3 Å². The molecule has 0 saturated heterocycles. The first kappa shape index (κ1) is 24.7. The van der Waals surface area contributed by atoms with E-state index in [9.17, 15) is 4.79 Å². The molecule has 3 rings (SSSR count). The predicted octanol–water partition coefficient (Wildman–Crippen LogP) is 3.60. The molecule has 0 radical (unpaired) electrons. The first-order valence-electron chi connectivity index (χ1n) is 10.5. The van der Waals surface area contributed by atoms with Crippen molar-refractivity contribution in [2.24, 2.45) is 16.5 Å². The van der Waals surface area contributed by atoms with Gasteiger partial charge in [-0.05, 0) is 42.8 Å². The van der Waals surface area contributed by atoms with E-state index in [2.05, 4.69) is 41.5 Å². The van der Waals surface area contributed by atoms with E-state index in [1.807, 2.05) is 49.4 Å². The first-order valence-corrected chi connectivity index (χ1v) is 11.3. The summed E-state index contributed by atoms with van der Waals surface area (Å²) in [5, 5.41) is 5.87. The van der Waals surface area contributed by atoms with Crippen LogP contribution in [0.5, 0.6) is 0 Å². The van der Waals surface area contributed by atoms with Gasteiger partial charge in [0, 0.05) is 41.3 Å². The number of nitrogens with zero attached hydrogens (tertiary/aromatic N) is 3. The van der Waals surface area contributed by atoms with Gasteiger partial charge in [0.05, 0.1) is 23.5 Å². The molecule has 1 aromatic carbocycles. The molecule has 0 aliphatic rings. The van der Waals surface area contributed by atoms with Crippen LogP contribution in [0.15, 0.2) is 82.5 Å². The molecular weight excluding hydrogens is 494 g/mol. The van der Waals surface area contributed by atoms with Crippen LogP contribution in [0.3, 0.4) is 0 Å². The molecule has 174 valence electrons. The van der Waals surface area contributed by atoms with Gasteiger partial charge in [0.25, 0.3) is 5.91 Å². The van der Waals surface area contributed by atoms with E-state index in [1.165, 1.54) is 13.2 Å². The second-order valence-electron chi connectivity index (χ2n) is 7.27. The number of carbonyl (C=O) groups is 1. The van der Waals surface area contributed by atoms with Gasteiger partial charge in [0.15, 0.2) is 0 Å². The number of carbonyl (C=O) groups excluding carboxylic acids is 1. The quantitative estimate of drug-likeness (QED) is 0.204. The van der Waals surface area contributed by atoms with Crippen LogP contribution in [0.4, 0.5) is 5.82 Å². The lowest BCUT2D eigenvalue weighted by Gasteiger charge is -2.13. The topological polar surface area (TPSA) is 131 Å². The van der Waals surface area contributed by atoms with E-state index in [-0.39, 0.29) is 11.5 Å². The van der Waals surface area contributed by atoms with Gasteiger partial charge in [0.2, 0.25) is 0 Å². The third-order valence-corrected chi connectivity index (χ3v) is 5.59. The predicted molar refractivity (Wildman–Crippen MR) is 141 cm³/mol. The number of amidine groups is 1. The van der Waals surface area contributed by atoms with Crippen LogP contribution in [0.2, 0.25) is 0 Å². The molecule has 0 unspecified atom stereocenters. The summed E-state index contributed by atoms with van der Waals surface area (Å²) in [4.78, 5) is 25.5. The highest BCUT2D eigenvalue weighted by atomic mass is 79.9. The molecule has 0 aliphatic heterocycles. The van der Waals surface area contributed by atoms with E-state index >= 15 is 0 Å². The van der Waals surface area contributed by atoms with Gasteiger partial charge in [0.1, 0.15) is 11.7 Å². The Balaban J connectivity index is 2.00. The molecule has 0 spiro atoms. The first-order chi connectivity index (χ1) is 16.4. The molecule has 0 aliphatic carbocycles. The molecule has 0 atom stereocenters. The minimum Gasteiger partial charge on any atom is -0.404 e. The minimum absolute atomic E-state index is 0.257. The van der Waals surface area contributed by atoms with Crippen molar-refractivity contribution in [3.05, 3.63) is 100 Å². The Morgan fingerprint density at radius 3 is 2.68 bits per heavy atom. The van der Waals surface area contributed by atoms with Crippen LogP contribution in [0, 0.1) is 6.92 Å². The number of aryl methyl sites for hydroxylation is 1. The van der Waals surface area contributed by atoms with E-state index < -0.39 is 0 Å². The van der Waals surface area contributed by atoms with Crippen molar-refractivity contribution in [1.29, 1.82) is 0 Å². The van der Waals surface area contributed by atoms with Crippen molar-refractivity contribution in [3.8, 4) is 0 Å². The zero-order valence-electron chi connectivity index (χ0n) is 18.9. The van der Waals surface area contributed by atoms with Gasteiger partial charge in [-0.3, -0.25) is 14.8 Å². The van der Waals surface area contributed by atoms with E-state index in [0.29, 0.717) is 29.6 Å². The van der Waals surface area contributed by atoms with Crippen molar-refractivity contribution >= 4 is 44.8 Å². The van der Waals surface area contributed by atoms with Crippen molar-refractivity contribution < 1.29 is 4.79 Å². The molecule has 9 heteroatoms. The van der Waals surface area contributed by atoms with E-state index in [4.69, 9.17) is 11.5 Å². The molecule has 8 nitrogen and oxygen atoms in total. The lowest BCUT2D eigenvalue weighted by Crippen LogP contribution is -2.20. The van der Waals surface area contributed by atoms with Crippen LogP contribution >= 0.6 is 15.9 Å². The number of amides is 1. The summed E-state index contributed by atoms with van der Waals surface area (Å²) in [6.07, 6.45) is 4.56. The molecule has 2 aromatic heterocycles. The fourth-order valence-electron chi connectivity index (χ4n) is 3.10. The van der Waals surface area contributed by atoms with Crippen LogP contribution in [0.25, 0.3) is 11.3 Å². The highest BCUT2D eigenvalue weighted by Crippen LogP contribution is 2.21. The Labute approximate surface area is 207 Å². The Bertz CT molecular complexity index is 1270. The number of aliphatic imine (C=N–C) groups is 1. The Morgan fingerprint density at radius 1 is 1.18 bits per heavy atom. The molecule has 6 N–H and O–H groups in total. The minimum atomic E-state index is -0.333. The van der Waals surface area contributed by atoms with Crippen LogP contribution < -0.4 is 22.1 Å². The Morgan fingerprint density at radius 2 is 1.97 bits per heavy atom. The van der Waals surface area contributed by atoms with Crippen molar-refractivity contribution in [2.45, 2.75) is 13.5 Å². The number of nitrogens with two attached hydrogens (primary N) is 2. The van der Waals surface area contributed by atoms with Crippen LogP contribution in [-0.4, -0.2) is 28.8 Å². The van der Waals surface area contributed by atoms with Crippen LogP contribution in [0.1, 0.15) is 22.5 Å². The summed E-state index contributed by atoms with van der Waals surface area (Å²) in [5.41, 5.74) is 15.9. The normalized spacial score (nSPS) is 12.4. The molecule has 2 heterocycles. The fraction of sp³-hybridized carbons (Fsp3) is 0.120. The molecule has 0 saturated carbocycles. The second-order valence-corrected chi connectivity index (χ2v) is 8.12. The Kier molecular flexibility index (Phi) is 8.53. The highest BCUT2D eigenvalue weighted by molar-refractivity contribution is 9.10. The van der Waals surface area contributed by atoms with Gasteiger partial charge in [-0.15, -0.1) is 0 Å². The number of nitrogens with one attached hydrogen (secondary N) is 2. The zero-order chi connectivity index (χ0) is 24.5. The molecule has 1 amide bonds. The number of benzene rings is 1. The average molecular weight is 520 g/mol. The van der Waals surface area contributed by atoms with Crippen molar-refractivity contribution in [1.82, 2.24) is 15.3 Å². The molecule has 34 heavy (non-hydrogen) atoms. The van der Waals surface area contributed by atoms with Gasteiger partial charge in [-0.1, -0.05) is 40.2 Å². The number of likely N-dealkylation sites (N-methyl/N-ethyl adjacent to an activating group) is 1. The van der Waals surface area contributed by atoms with Gasteiger partial charge in [-0.25, -0.2) is 4.98 Å². The molecule has 0 bridgehead atoms. The second kappa shape index (κ2) is 11.8. The number of hydrogen-bond acceptors (Lipinski definition) is 6. The van der Waals surface area contributed by atoms with Crippen LogP contribution in [-0.2, 0) is 11.3 Å². The van der Waals surface area contributed by atoms with Crippen molar-refractivity contribution in [3.63, 3.8) is 0 Å². The highest BCUT2D eigenvalue weighted by Gasteiger charge is 2.14. The fourth-order valence-corrected chi connectivity index (χ4v) is 3.51. The number of halogens is 1. The van der Waals surface area contributed by atoms with Gasteiger partial charge >= 0.3 is 0 Å². The number of aromatic nitrogens is 2. The molecule has 0 fully saturated rings. The summed E-state index contributed by atoms with van der Waals surface area (Å²) in [6, 6.07) is 17.1. The lowest BCUT2D eigenvalue weighted by molar-refractivity contribution is -0.115. The third kappa shape index (κ3) is 6.52. The molecule has 3 aromatic rings. The van der Waals surface area contributed by atoms with Crippen molar-refractivity contribution in [2.75, 3.05) is 12.4 Å². The average Bonchev–Trinajstić information content (AvgIpc) is 2.83. The standard InChI is InChI=1S/C25H26BrN7O/c1-16-6-5-9-24(32-16)33-21(13-23(28)31-15-18-7-3-4-8-20(18)26)17-10-11-30-22(12-17)19(14-27)25(34)29-2/h3-14H,15,27H2,1-2H3,(H2,28,31)(H,29,34)(H,32,33)/b19-14?,21-13-. The monoisotopic (exact) mass is 519 g/mol. The maximum absolute atomic E-state index is 12.2. The SMILES string of the molecule is CNC(=O)C(=CN)c1cc(/C(=C/C(N)=NCc2ccccc2Br)Nc2cccc(C)n2)ccn1. The lowest BCUT2D eigenvalue weighted by atomic mass is 10.1. The number of rotatable bonds is 8. The van der Waals surface area contributed by atoms with Gasteiger partial charge in [-0.2, -0.15) is 0 Å². The maximum atomic E-state index is 12.2. The number of hydrogen-bond donors (Lipinski definition) is 4.